The van der Waals surface area contributed by atoms with E-state index in [1.165, 1.54) is 51.6 Å². The van der Waals surface area contributed by atoms with Crippen LogP contribution >= 0.6 is 0 Å². The van der Waals surface area contributed by atoms with Gasteiger partial charge in [-0.15, -0.1) is 0 Å². The van der Waals surface area contributed by atoms with Crippen LogP contribution in [0.5, 0.6) is 0 Å². The van der Waals surface area contributed by atoms with Crippen LogP contribution in [-0.2, 0) is 0 Å². The molecule has 0 aromatic carbocycles. The van der Waals surface area contributed by atoms with Crippen molar-refractivity contribution in [2.24, 2.45) is 11.3 Å². The van der Waals surface area contributed by atoms with Crippen molar-refractivity contribution in [3.63, 3.8) is 0 Å². The van der Waals surface area contributed by atoms with E-state index in [4.69, 9.17) is 0 Å². The van der Waals surface area contributed by atoms with Gasteiger partial charge in [0.2, 0.25) is 0 Å². The second-order valence-electron chi connectivity index (χ2n) is 7.23. The molecular weight excluding hydrogens is 206 g/mol. The summed E-state index contributed by atoms with van der Waals surface area (Å²) in [6, 6.07) is 0.904. The topological polar surface area (TPSA) is 3.24 Å². The first-order chi connectivity index (χ1) is 7.92. The molecule has 0 aromatic heterocycles. The van der Waals surface area contributed by atoms with Crippen LogP contribution in [0.1, 0.15) is 73.1 Å². The SMILES string of the molecule is CCN(CCC(C)CC(C)(C)C)C1CCCC1. The Morgan fingerprint density at radius 1 is 1.18 bits per heavy atom. The van der Waals surface area contributed by atoms with Gasteiger partial charge in [-0.3, -0.25) is 0 Å². The van der Waals surface area contributed by atoms with E-state index in [9.17, 15) is 0 Å². The summed E-state index contributed by atoms with van der Waals surface area (Å²) in [7, 11) is 0. The minimum Gasteiger partial charge on any atom is -0.301 e. The zero-order valence-corrected chi connectivity index (χ0v) is 12.8. The maximum atomic E-state index is 2.73. The van der Waals surface area contributed by atoms with E-state index in [-0.39, 0.29) is 0 Å². The molecule has 0 spiro atoms. The van der Waals surface area contributed by atoms with E-state index in [0.29, 0.717) is 5.41 Å². The van der Waals surface area contributed by atoms with Crippen molar-refractivity contribution < 1.29 is 0 Å². The van der Waals surface area contributed by atoms with Gasteiger partial charge in [0, 0.05) is 6.04 Å². The Kier molecular flexibility index (Phi) is 5.99. The van der Waals surface area contributed by atoms with E-state index < -0.39 is 0 Å². The summed E-state index contributed by atoms with van der Waals surface area (Å²) >= 11 is 0. The smallest absolute Gasteiger partial charge is 0.00951 e. The minimum absolute atomic E-state index is 0.490. The van der Waals surface area contributed by atoms with E-state index in [2.05, 4.69) is 39.5 Å². The van der Waals surface area contributed by atoms with Gasteiger partial charge in [0.25, 0.3) is 0 Å². The average molecular weight is 239 g/mol. The van der Waals surface area contributed by atoms with Crippen molar-refractivity contribution in [3.05, 3.63) is 0 Å². The highest BCUT2D eigenvalue weighted by Crippen LogP contribution is 2.28. The molecule has 17 heavy (non-hydrogen) atoms. The Bertz CT molecular complexity index is 198. The highest BCUT2D eigenvalue weighted by molar-refractivity contribution is 4.77. The quantitative estimate of drug-likeness (QED) is 0.648. The predicted molar refractivity (Wildman–Crippen MR) is 77.4 cm³/mol. The Morgan fingerprint density at radius 3 is 2.24 bits per heavy atom. The average Bonchev–Trinajstić information content (AvgIpc) is 2.69. The van der Waals surface area contributed by atoms with E-state index >= 15 is 0 Å². The zero-order valence-electron chi connectivity index (χ0n) is 12.8. The number of hydrogen-bond acceptors (Lipinski definition) is 1. The van der Waals surface area contributed by atoms with Gasteiger partial charge in [-0.1, -0.05) is 47.5 Å². The van der Waals surface area contributed by atoms with Crippen LogP contribution in [0.25, 0.3) is 0 Å². The van der Waals surface area contributed by atoms with E-state index in [0.717, 1.165) is 12.0 Å². The lowest BCUT2D eigenvalue weighted by Crippen LogP contribution is -2.34. The fourth-order valence-corrected chi connectivity index (χ4v) is 3.40. The molecule has 1 aliphatic rings. The molecule has 1 fully saturated rings. The molecule has 0 heterocycles. The van der Waals surface area contributed by atoms with Gasteiger partial charge in [0.1, 0.15) is 0 Å². The highest BCUT2D eigenvalue weighted by atomic mass is 15.1. The van der Waals surface area contributed by atoms with Gasteiger partial charge in [0.15, 0.2) is 0 Å². The normalized spacial score (nSPS) is 20.1. The molecule has 0 amide bonds. The van der Waals surface area contributed by atoms with Crippen LogP contribution in [-0.4, -0.2) is 24.0 Å². The summed E-state index contributed by atoms with van der Waals surface area (Å²) in [5, 5.41) is 0. The third-order valence-electron chi connectivity index (χ3n) is 4.12. The van der Waals surface area contributed by atoms with E-state index in [1.807, 2.05) is 0 Å². The minimum atomic E-state index is 0.490. The van der Waals surface area contributed by atoms with Crippen LogP contribution in [0, 0.1) is 11.3 Å². The van der Waals surface area contributed by atoms with Crippen molar-refractivity contribution in [2.45, 2.75) is 79.2 Å². The van der Waals surface area contributed by atoms with Gasteiger partial charge < -0.3 is 4.90 Å². The molecule has 1 unspecified atom stereocenters. The molecule has 1 saturated carbocycles. The summed E-state index contributed by atoms with van der Waals surface area (Å²) in [4.78, 5) is 2.73. The number of hydrogen-bond donors (Lipinski definition) is 0. The molecule has 0 radical (unpaired) electrons. The molecule has 0 bridgehead atoms. The standard InChI is InChI=1S/C16H33N/c1-6-17(15-9-7-8-10-15)12-11-14(2)13-16(3,4)5/h14-15H,6-13H2,1-5H3. The molecule has 102 valence electrons. The van der Waals surface area contributed by atoms with Crippen LogP contribution < -0.4 is 0 Å². The fraction of sp³-hybridized carbons (Fsp3) is 1.00. The third-order valence-corrected chi connectivity index (χ3v) is 4.12. The molecule has 0 aromatic rings. The monoisotopic (exact) mass is 239 g/mol. The van der Waals surface area contributed by atoms with Gasteiger partial charge in [-0.05, 0) is 50.1 Å². The number of rotatable bonds is 6. The van der Waals surface area contributed by atoms with Gasteiger partial charge in [0.05, 0.1) is 0 Å². The Balaban J connectivity index is 2.27. The lowest BCUT2D eigenvalue weighted by molar-refractivity contribution is 0.184. The summed E-state index contributed by atoms with van der Waals surface area (Å²) in [6.45, 7) is 14.4. The van der Waals surface area contributed by atoms with Crippen LogP contribution in [0.2, 0.25) is 0 Å². The lowest BCUT2D eigenvalue weighted by atomic mass is 9.84. The molecular formula is C16H33N. The molecule has 0 saturated heterocycles. The van der Waals surface area contributed by atoms with Crippen molar-refractivity contribution in [1.82, 2.24) is 4.90 Å². The summed E-state index contributed by atoms with van der Waals surface area (Å²) < 4.78 is 0. The molecule has 1 aliphatic carbocycles. The molecule has 0 N–H and O–H groups in total. The van der Waals surface area contributed by atoms with Crippen LogP contribution in [0.4, 0.5) is 0 Å². The molecule has 0 aliphatic heterocycles. The van der Waals surface area contributed by atoms with Gasteiger partial charge in [-0.2, -0.15) is 0 Å². The van der Waals surface area contributed by atoms with Gasteiger partial charge >= 0.3 is 0 Å². The first-order valence-corrected chi connectivity index (χ1v) is 7.66. The Hall–Kier alpha value is -0.0400. The highest BCUT2D eigenvalue weighted by Gasteiger charge is 2.22. The second-order valence-corrected chi connectivity index (χ2v) is 7.23. The lowest BCUT2D eigenvalue weighted by Gasteiger charge is -2.30. The van der Waals surface area contributed by atoms with Crippen molar-refractivity contribution in [3.8, 4) is 0 Å². The Morgan fingerprint density at radius 2 is 1.76 bits per heavy atom. The summed E-state index contributed by atoms with van der Waals surface area (Å²) in [5.41, 5.74) is 0.490. The third kappa shape index (κ3) is 5.90. The van der Waals surface area contributed by atoms with Crippen LogP contribution in [0.3, 0.4) is 0 Å². The second kappa shape index (κ2) is 6.78. The predicted octanol–water partition coefficient (Wildman–Crippen LogP) is 4.71. The fourth-order valence-electron chi connectivity index (χ4n) is 3.40. The van der Waals surface area contributed by atoms with Gasteiger partial charge in [-0.25, -0.2) is 0 Å². The largest absolute Gasteiger partial charge is 0.301 e. The molecule has 1 atom stereocenters. The summed E-state index contributed by atoms with van der Waals surface area (Å²) in [6.07, 6.45) is 8.54. The molecule has 1 rings (SSSR count). The first kappa shape index (κ1) is 15.0. The maximum Gasteiger partial charge on any atom is 0.00951 e. The van der Waals surface area contributed by atoms with E-state index in [1.54, 1.807) is 0 Å². The summed E-state index contributed by atoms with van der Waals surface area (Å²) in [5.74, 6) is 0.866. The van der Waals surface area contributed by atoms with Crippen molar-refractivity contribution >= 4 is 0 Å². The van der Waals surface area contributed by atoms with Crippen LogP contribution in [0.15, 0.2) is 0 Å². The van der Waals surface area contributed by atoms with Crippen molar-refractivity contribution in [1.29, 1.82) is 0 Å². The molecule has 1 nitrogen and oxygen atoms in total. The molecule has 1 heteroatoms. The zero-order chi connectivity index (χ0) is 12.9. The number of nitrogens with zero attached hydrogens (tertiary/aromatic N) is 1. The van der Waals surface area contributed by atoms with Crippen molar-refractivity contribution in [2.75, 3.05) is 13.1 Å². The first-order valence-electron chi connectivity index (χ1n) is 7.66. The maximum absolute atomic E-state index is 2.73. The Labute approximate surface area is 109 Å².